The normalized spacial score (nSPS) is 11.5. The summed E-state index contributed by atoms with van der Waals surface area (Å²) in [7, 11) is 0.410. The molecule has 0 aliphatic rings. The van der Waals surface area contributed by atoms with E-state index in [2.05, 4.69) is 68.4 Å². The molecule has 19 heavy (non-hydrogen) atoms. The van der Waals surface area contributed by atoms with Gasteiger partial charge in [0.25, 0.3) is 9.76 Å². The molecule has 0 N–H and O–H groups in total. The average Bonchev–Trinajstić information content (AvgIpc) is 2.44. The van der Waals surface area contributed by atoms with E-state index in [4.69, 9.17) is 4.43 Å². The second-order valence-electron chi connectivity index (χ2n) is 4.96. The average molecular weight is 264 g/mol. The van der Waals surface area contributed by atoms with Crippen LogP contribution in [0.25, 0.3) is 21.5 Å². The van der Waals surface area contributed by atoms with Crippen LogP contribution in [-0.4, -0.2) is 15.9 Å². The van der Waals surface area contributed by atoms with E-state index < -0.39 is 0 Å². The van der Waals surface area contributed by atoms with Crippen LogP contribution in [0, 0.1) is 0 Å². The summed E-state index contributed by atoms with van der Waals surface area (Å²) in [5.41, 5.74) is 0. The van der Waals surface area contributed by atoms with Crippen LogP contribution in [0.2, 0.25) is 0 Å². The Bertz CT molecular complexity index is 719. The Balaban J connectivity index is 2.17. The van der Waals surface area contributed by atoms with Crippen molar-refractivity contribution in [3.8, 4) is 0 Å². The maximum absolute atomic E-state index is 5.78. The molecule has 0 fully saturated rings. The van der Waals surface area contributed by atoms with Crippen molar-refractivity contribution in [2.24, 2.45) is 0 Å². The fourth-order valence-electron chi connectivity index (χ4n) is 2.31. The quantitative estimate of drug-likeness (QED) is 0.518. The van der Waals surface area contributed by atoms with Crippen molar-refractivity contribution >= 4 is 36.5 Å². The molecule has 0 spiro atoms. The van der Waals surface area contributed by atoms with E-state index in [9.17, 15) is 0 Å². The summed E-state index contributed by atoms with van der Waals surface area (Å²) in [5, 5.41) is 6.52. The first-order valence-electron chi connectivity index (χ1n) is 6.58. The second-order valence-corrected chi connectivity index (χ2v) is 5.93. The first kappa shape index (κ1) is 12.4. The number of fused-ring (bicyclic) bond motifs is 3. The highest BCUT2D eigenvalue weighted by molar-refractivity contribution is 6.51. The number of hydrogen-bond donors (Lipinski definition) is 0. The molecule has 0 saturated heterocycles. The minimum absolute atomic E-state index is 0.272. The van der Waals surface area contributed by atoms with E-state index in [1.54, 1.807) is 0 Å². The Kier molecular flexibility index (Phi) is 3.36. The highest BCUT2D eigenvalue weighted by Gasteiger charge is 2.06. The van der Waals surface area contributed by atoms with E-state index >= 15 is 0 Å². The molecule has 3 rings (SSSR count). The van der Waals surface area contributed by atoms with Gasteiger partial charge in [0.05, 0.1) is 0 Å². The van der Waals surface area contributed by atoms with Gasteiger partial charge in [-0.05, 0) is 40.6 Å². The van der Waals surface area contributed by atoms with Gasteiger partial charge in [-0.25, -0.2) is 0 Å². The number of hydrogen-bond acceptors (Lipinski definition) is 1. The van der Waals surface area contributed by atoms with Gasteiger partial charge in [-0.3, -0.25) is 0 Å². The van der Waals surface area contributed by atoms with Crippen LogP contribution in [0.3, 0.4) is 0 Å². The molecule has 2 radical (unpaired) electrons. The lowest BCUT2D eigenvalue weighted by atomic mass is 10.0. The van der Waals surface area contributed by atoms with Gasteiger partial charge >= 0.3 is 0 Å². The maximum atomic E-state index is 5.78. The van der Waals surface area contributed by atoms with Gasteiger partial charge in [0.1, 0.15) is 0 Å². The Hall–Kier alpha value is -1.64. The van der Waals surface area contributed by atoms with E-state index in [1.165, 1.54) is 26.7 Å². The largest absolute Gasteiger partial charge is 0.409 e. The fourth-order valence-corrected chi connectivity index (χ4v) is 3.17. The van der Waals surface area contributed by atoms with E-state index in [0.29, 0.717) is 9.76 Å². The Morgan fingerprint density at radius 3 is 2.42 bits per heavy atom. The van der Waals surface area contributed by atoms with Crippen molar-refractivity contribution in [1.29, 1.82) is 0 Å². The lowest BCUT2D eigenvalue weighted by molar-refractivity contribution is 0.260. The second kappa shape index (κ2) is 5.15. The highest BCUT2D eigenvalue weighted by Crippen LogP contribution is 2.23. The number of benzene rings is 3. The lowest BCUT2D eigenvalue weighted by Gasteiger charge is -2.10. The molecule has 3 aromatic rings. The van der Waals surface area contributed by atoms with Crippen molar-refractivity contribution in [2.45, 2.75) is 20.0 Å². The minimum atomic E-state index is 0.272. The van der Waals surface area contributed by atoms with Crippen molar-refractivity contribution in [3.63, 3.8) is 0 Å². The third-order valence-corrected chi connectivity index (χ3v) is 4.44. The van der Waals surface area contributed by atoms with Crippen LogP contribution in [0.5, 0.6) is 0 Å². The first-order chi connectivity index (χ1) is 9.25. The Morgan fingerprint density at radius 1 is 0.789 bits per heavy atom. The van der Waals surface area contributed by atoms with Crippen LogP contribution in [-0.2, 0) is 4.43 Å². The van der Waals surface area contributed by atoms with Crippen LogP contribution < -0.4 is 5.19 Å². The summed E-state index contributed by atoms with van der Waals surface area (Å²) in [6.45, 7) is 4.15. The first-order valence-corrected chi connectivity index (χ1v) is 7.48. The molecule has 94 valence electrons. The lowest BCUT2D eigenvalue weighted by Crippen LogP contribution is -2.21. The van der Waals surface area contributed by atoms with Crippen molar-refractivity contribution in [2.75, 3.05) is 0 Å². The fraction of sp³-hybridized carbons (Fsp3) is 0.176. The molecule has 0 amide bonds. The molecule has 0 atom stereocenters. The van der Waals surface area contributed by atoms with Gasteiger partial charge in [0, 0.05) is 6.10 Å². The van der Waals surface area contributed by atoms with Gasteiger partial charge in [0.2, 0.25) is 0 Å². The molecule has 0 aromatic heterocycles. The molecule has 0 aliphatic heterocycles. The molecular weight excluding hydrogens is 248 g/mol. The van der Waals surface area contributed by atoms with Crippen LogP contribution in [0.4, 0.5) is 0 Å². The van der Waals surface area contributed by atoms with E-state index in [-0.39, 0.29) is 6.10 Å². The third-order valence-electron chi connectivity index (χ3n) is 3.19. The Morgan fingerprint density at radius 2 is 1.58 bits per heavy atom. The summed E-state index contributed by atoms with van der Waals surface area (Å²) in [6.07, 6.45) is 0.272. The van der Waals surface area contributed by atoms with Gasteiger partial charge < -0.3 is 4.43 Å². The zero-order valence-electron chi connectivity index (χ0n) is 11.2. The predicted octanol–water partition coefficient (Wildman–Crippen LogP) is 3.66. The topological polar surface area (TPSA) is 9.23 Å². The molecule has 0 saturated carbocycles. The smallest absolute Gasteiger partial charge is 0.269 e. The molecule has 0 bridgehead atoms. The van der Waals surface area contributed by atoms with Crippen LogP contribution >= 0.6 is 0 Å². The van der Waals surface area contributed by atoms with Gasteiger partial charge in [-0.2, -0.15) is 0 Å². The summed E-state index contributed by atoms with van der Waals surface area (Å²) in [4.78, 5) is 0. The third kappa shape index (κ3) is 2.42. The zero-order chi connectivity index (χ0) is 13.2. The van der Waals surface area contributed by atoms with Crippen molar-refractivity contribution in [1.82, 2.24) is 0 Å². The van der Waals surface area contributed by atoms with Crippen molar-refractivity contribution < 1.29 is 4.43 Å². The monoisotopic (exact) mass is 264 g/mol. The van der Waals surface area contributed by atoms with Gasteiger partial charge in [0.15, 0.2) is 0 Å². The summed E-state index contributed by atoms with van der Waals surface area (Å²) < 4.78 is 5.78. The summed E-state index contributed by atoms with van der Waals surface area (Å²) in [6, 6.07) is 19.4. The maximum Gasteiger partial charge on any atom is 0.269 e. The zero-order valence-corrected chi connectivity index (χ0v) is 12.2. The molecule has 3 aromatic carbocycles. The van der Waals surface area contributed by atoms with E-state index in [1.807, 2.05) is 0 Å². The minimum Gasteiger partial charge on any atom is -0.409 e. The highest BCUT2D eigenvalue weighted by atomic mass is 28.2. The Labute approximate surface area is 116 Å². The number of rotatable bonds is 3. The molecule has 0 unspecified atom stereocenters. The molecule has 0 aliphatic carbocycles. The summed E-state index contributed by atoms with van der Waals surface area (Å²) in [5.74, 6) is 0. The van der Waals surface area contributed by atoms with E-state index in [0.717, 1.165) is 0 Å². The van der Waals surface area contributed by atoms with Crippen LogP contribution in [0.15, 0.2) is 54.6 Å². The molecular formula is C17H16OSi. The van der Waals surface area contributed by atoms with Crippen LogP contribution in [0.1, 0.15) is 13.8 Å². The molecule has 0 heterocycles. The van der Waals surface area contributed by atoms with Crippen molar-refractivity contribution in [3.05, 3.63) is 54.6 Å². The standard InChI is InChI=1S/C17H16OSi/c1-12(2)18-19-17-9-5-8-15-14-7-4-3-6-13(14)10-11-16(15)17/h3-12H,1-2H3. The van der Waals surface area contributed by atoms with Gasteiger partial charge in [-0.15, -0.1) is 0 Å². The summed E-state index contributed by atoms with van der Waals surface area (Å²) >= 11 is 0. The SMILES string of the molecule is CC(C)O[Si]c1cccc2c1ccc1ccccc12. The molecule has 2 heteroatoms. The van der Waals surface area contributed by atoms with Gasteiger partial charge in [-0.1, -0.05) is 54.6 Å². The molecule has 1 nitrogen and oxygen atoms in total. The predicted molar refractivity (Wildman–Crippen MR) is 83.1 cm³/mol.